The number of hydrogen-bond acceptors (Lipinski definition) is 4. The lowest BCUT2D eigenvalue weighted by Gasteiger charge is -2.11. The third-order valence-corrected chi connectivity index (χ3v) is 4.33. The zero-order chi connectivity index (χ0) is 16.2. The highest BCUT2D eigenvalue weighted by molar-refractivity contribution is 6.31. The SMILES string of the molecule is Cc1cc(OCC(=O)Nc2cn[nH]c2C2CCNC2)ccc1Cl. The van der Waals surface area contributed by atoms with Crippen molar-refractivity contribution in [3.05, 3.63) is 40.7 Å². The van der Waals surface area contributed by atoms with E-state index in [1.54, 1.807) is 18.3 Å². The van der Waals surface area contributed by atoms with Gasteiger partial charge in [0.05, 0.1) is 17.6 Å². The molecular formula is C16H19ClN4O2. The summed E-state index contributed by atoms with van der Waals surface area (Å²) in [6, 6.07) is 5.31. The maximum Gasteiger partial charge on any atom is 0.262 e. The Kier molecular flexibility index (Phi) is 4.83. The molecule has 1 amide bonds. The van der Waals surface area contributed by atoms with Crippen LogP contribution < -0.4 is 15.4 Å². The minimum atomic E-state index is -0.216. The summed E-state index contributed by atoms with van der Waals surface area (Å²) in [6.07, 6.45) is 2.67. The van der Waals surface area contributed by atoms with Crippen LogP contribution in [0.25, 0.3) is 0 Å². The number of carbonyl (C=O) groups is 1. The molecule has 6 nitrogen and oxygen atoms in total. The summed E-state index contributed by atoms with van der Waals surface area (Å²) in [5, 5.41) is 13.8. The lowest BCUT2D eigenvalue weighted by molar-refractivity contribution is -0.118. The molecule has 7 heteroatoms. The van der Waals surface area contributed by atoms with Gasteiger partial charge in [-0.15, -0.1) is 0 Å². The average Bonchev–Trinajstić information content (AvgIpc) is 3.19. The first-order valence-corrected chi connectivity index (χ1v) is 7.94. The number of nitrogens with zero attached hydrogens (tertiary/aromatic N) is 1. The Bertz CT molecular complexity index is 695. The number of benzene rings is 1. The van der Waals surface area contributed by atoms with E-state index in [4.69, 9.17) is 16.3 Å². The molecule has 1 aliphatic heterocycles. The number of rotatable bonds is 5. The molecule has 1 atom stereocenters. The standard InChI is InChI=1S/C16H19ClN4O2/c1-10-6-12(2-3-13(10)17)23-9-15(22)20-14-8-19-21-16(14)11-4-5-18-7-11/h2-3,6,8,11,18H,4-5,7,9H2,1H3,(H,19,21)(H,20,22). The molecule has 0 aliphatic carbocycles. The number of hydrogen-bond donors (Lipinski definition) is 3. The Morgan fingerprint density at radius 1 is 1.52 bits per heavy atom. The van der Waals surface area contributed by atoms with Crippen molar-refractivity contribution in [3.63, 3.8) is 0 Å². The highest BCUT2D eigenvalue weighted by Crippen LogP contribution is 2.26. The van der Waals surface area contributed by atoms with E-state index < -0.39 is 0 Å². The molecular weight excluding hydrogens is 316 g/mol. The number of aryl methyl sites for hydroxylation is 1. The molecule has 1 aliphatic rings. The van der Waals surface area contributed by atoms with Crippen LogP contribution in [0.1, 0.15) is 23.6 Å². The van der Waals surface area contributed by atoms with E-state index in [1.807, 2.05) is 13.0 Å². The van der Waals surface area contributed by atoms with Gasteiger partial charge in [0.2, 0.25) is 0 Å². The highest BCUT2D eigenvalue weighted by atomic mass is 35.5. The second kappa shape index (κ2) is 7.02. The minimum Gasteiger partial charge on any atom is -0.484 e. The number of aromatic nitrogens is 2. The fourth-order valence-corrected chi connectivity index (χ4v) is 2.77. The van der Waals surface area contributed by atoms with Crippen LogP contribution in [0.5, 0.6) is 5.75 Å². The number of H-pyrrole nitrogens is 1. The number of carbonyl (C=O) groups excluding carboxylic acids is 1. The lowest BCUT2D eigenvalue weighted by atomic mass is 10.0. The second-order valence-electron chi connectivity index (χ2n) is 5.63. The van der Waals surface area contributed by atoms with Crippen molar-refractivity contribution in [1.82, 2.24) is 15.5 Å². The van der Waals surface area contributed by atoms with E-state index in [0.717, 1.165) is 36.5 Å². The predicted octanol–water partition coefficient (Wildman–Crippen LogP) is 2.47. The first-order valence-electron chi connectivity index (χ1n) is 7.56. The third-order valence-electron chi connectivity index (χ3n) is 3.91. The Hall–Kier alpha value is -2.05. The van der Waals surface area contributed by atoms with Gasteiger partial charge >= 0.3 is 0 Å². The number of aromatic amines is 1. The van der Waals surface area contributed by atoms with Gasteiger partial charge in [-0.2, -0.15) is 5.10 Å². The van der Waals surface area contributed by atoms with E-state index in [9.17, 15) is 4.79 Å². The second-order valence-corrected chi connectivity index (χ2v) is 6.04. The Morgan fingerprint density at radius 2 is 2.39 bits per heavy atom. The summed E-state index contributed by atoms with van der Waals surface area (Å²) in [5.74, 6) is 0.758. The first-order chi connectivity index (χ1) is 11.1. The van der Waals surface area contributed by atoms with Gasteiger partial charge < -0.3 is 15.4 Å². The fourth-order valence-electron chi connectivity index (χ4n) is 2.65. The topological polar surface area (TPSA) is 79.0 Å². The van der Waals surface area contributed by atoms with Crippen LogP contribution in [0, 0.1) is 6.92 Å². The Balaban J connectivity index is 1.57. The van der Waals surface area contributed by atoms with Crippen LogP contribution in [0.15, 0.2) is 24.4 Å². The van der Waals surface area contributed by atoms with Crippen molar-refractivity contribution in [2.45, 2.75) is 19.3 Å². The van der Waals surface area contributed by atoms with Crippen molar-refractivity contribution >= 4 is 23.2 Å². The van der Waals surface area contributed by atoms with E-state index in [-0.39, 0.29) is 12.5 Å². The smallest absolute Gasteiger partial charge is 0.262 e. The first kappa shape index (κ1) is 15.8. The average molecular weight is 335 g/mol. The fraction of sp³-hybridized carbons (Fsp3) is 0.375. The quantitative estimate of drug-likeness (QED) is 0.785. The van der Waals surface area contributed by atoms with Gasteiger partial charge in [-0.1, -0.05) is 11.6 Å². The maximum absolute atomic E-state index is 12.1. The van der Waals surface area contributed by atoms with Gasteiger partial charge in [-0.3, -0.25) is 9.89 Å². The summed E-state index contributed by atoms with van der Waals surface area (Å²) in [4.78, 5) is 12.1. The van der Waals surface area contributed by atoms with Gasteiger partial charge in [-0.05, 0) is 43.7 Å². The van der Waals surface area contributed by atoms with Crippen LogP contribution in [-0.4, -0.2) is 35.8 Å². The van der Waals surface area contributed by atoms with Crippen LogP contribution in [0.2, 0.25) is 5.02 Å². The van der Waals surface area contributed by atoms with Crippen LogP contribution in [0.3, 0.4) is 0 Å². The molecule has 1 fully saturated rings. The van der Waals surface area contributed by atoms with Gasteiger partial charge in [0.1, 0.15) is 5.75 Å². The Morgan fingerprint density at radius 3 is 3.13 bits per heavy atom. The zero-order valence-corrected chi connectivity index (χ0v) is 13.6. The molecule has 3 rings (SSSR count). The predicted molar refractivity (Wildman–Crippen MR) is 89.1 cm³/mol. The largest absolute Gasteiger partial charge is 0.484 e. The molecule has 1 aromatic heterocycles. The molecule has 122 valence electrons. The molecule has 0 saturated carbocycles. The molecule has 1 saturated heterocycles. The molecule has 0 bridgehead atoms. The molecule has 1 aromatic carbocycles. The van der Waals surface area contributed by atoms with E-state index in [1.165, 1.54) is 0 Å². The highest BCUT2D eigenvalue weighted by Gasteiger charge is 2.22. The number of nitrogens with one attached hydrogen (secondary N) is 3. The van der Waals surface area contributed by atoms with Gasteiger partial charge in [-0.25, -0.2) is 0 Å². The number of ether oxygens (including phenoxy) is 1. The van der Waals surface area contributed by atoms with Crippen molar-refractivity contribution in [3.8, 4) is 5.75 Å². The zero-order valence-electron chi connectivity index (χ0n) is 12.9. The van der Waals surface area contributed by atoms with Crippen molar-refractivity contribution in [1.29, 1.82) is 0 Å². The molecule has 2 heterocycles. The monoisotopic (exact) mass is 334 g/mol. The van der Waals surface area contributed by atoms with Crippen molar-refractivity contribution in [2.75, 3.05) is 25.0 Å². The molecule has 2 aromatic rings. The third kappa shape index (κ3) is 3.83. The molecule has 3 N–H and O–H groups in total. The summed E-state index contributed by atoms with van der Waals surface area (Å²) in [6.45, 7) is 3.71. The van der Waals surface area contributed by atoms with Crippen LogP contribution in [-0.2, 0) is 4.79 Å². The normalized spacial score (nSPS) is 17.2. The summed E-state index contributed by atoms with van der Waals surface area (Å²) >= 11 is 5.97. The van der Waals surface area contributed by atoms with Gasteiger partial charge in [0.25, 0.3) is 5.91 Å². The lowest BCUT2D eigenvalue weighted by Crippen LogP contribution is -2.21. The van der Waals surface area contributed by atoms with E-state index >= 15 is 0 Å². The van der Waals surface area contributed by atoms with Gasteiger partial charge in [0, 0.05) is 17.5 Å². The van der Waals surface area contributed by atoms with Crippen LogP contribution >= 0.6 is 11.6 Å². The van der Waals surface area contributed by atoms with E-state index in [0.29, 0.717) is 16.7 Å². The van der Waals surface area contributed by atoms with E-state index in [2.05, 4.69) is 20.8 Å². The van der Waals surface area contributed by atoms with Gasteiger partial charge in [0.15, 0.2) is 6.61 Å². The van der Waals surface area contributed by atoms with Crippen molar-refractivity contribution < 1.29 is 9.53 Å². The number of halogens is 1. The van der Waals surface area contributed by atoms with Crippen LogP contribution in [0.4, 0.5) is 5.69 Å². The molecule has 0 spiro atoms. The van der Waals surface area contributed by atoms with Crippen molar-refractivity contribution in [2.24, 2.45) is 0 Å². The molecule has 0 radical (unpaired) electrons. The summed E-state index contributed by atoms with van der Waals surface area (Å²) < 4.78 is 5.50. The number of anilines is 1. The summed E-state index contributed by atoms with van der Waals surface area (Å²) in [5.41, 5.74) is 2.60. The molecule has 23 heavy (non-hydrogen) atoms. The molecule has 1 unspecified atom stereocenters. The minimum absolute atomic E-state index is 0.0609. The summed E-state index contributed by atoms with van der Waals surface area (Å²) in [7, 11) is 0. The maximum atomic E-state index is 12.1. The number of amides is 1. The Labute approximate surface area is 139 Å².